The molecular weight excluding hydrogens is 246 g/mol. The summed E-state index contributed by atoms with van der Waals surface area (Å²) in [6.45, 7) is 13.9. The van der Waals surface area contributed by atoms with E-state index in [2.05, 4.69) is 58.6 Å². The Bertz CT molecular complexity index is 498. The number of Topliss-reactive ketones (excluding diaryl/α,β-unsaturated/α-hetero) is 1. The first kappa shape index (κ1) is 15.2. The standard InChI is InChI=1S/C18H27NO/c1-12(2)19-11-15(18(4,5)6)17(20)16(19)14-10-8-7-9-13(14)3/h7-10,12,15-16H,11H2,1-6H3. The number of benzene rings is 1. The second-order valence-electron chi connectivity index (χ2n) is 7.37. The zero-order chi connectivity index (χ0) is 15.1. The number of aryl methyl sites for hydroxylation is 1. The molecule has 0 N–H and O–H groups in total. The van der Waals surface area contributed by atoms with Gasteiger partial charge in [0.1, 0.15) is 0 Å². The SMILES string of the molecule is Cc1ccccc1C1C(=O)C(C(C)(C)C)CN1C(C)C. The van der Waals surface area contributed by atoms with Crippen LogP contribution in [0.3, 0.4) is 0 Å². The van der Waals surface area contributed by atoms with Gasteiger partial charge in [-0.25, -0.2) is 0 Å². The van der Waals surface area contributed by atoms with E-state index in [-0.39, 0.29) is 17.4 Å². The summed E-state index contributed by atoms with van der Waals surface area (Å²) >= 11 is 0. The Kier molecular flexibility index (Phi) is 4.06. The van der Waals surface area contributed by atoms with Crippen LogP contribution in [0.5, 0.6) is 0 Å². The highest BCUT2D eigenvalue weighted by molar-refractivity contribution is 5.90. The summed E-state index contributed by atoms with van der Waals surface area (Å²) in [7, 11) is 0. The van der Waals surface area contributed by atoms with Crippen molar-refractivity contribution in [3.8, 4) is 0 Å². The molecule has 20 heavy (non-hydrogen) atoms. The van der Waals surface area contributed by atoms with Gasteiger partial charge >= 0.3 is 0 Å². The van der Waals surface area contributed by atoms with Gasteiger partial charge in [-0.05, 0) is 37.3 Å². The third-order valence-corrected chi connectivity index (χ3v) is 4.53. The maximum absolute atomic E-state index is 13.0. The minimum Gasteiger partial charge on any atom is -0.297 e. The molecule has 2 atom stereocenters. The second-order valence-corrected chi connectivity index (χ2v) is 7.37. The Hall–Kier alpha value is -1.15. The van der Waals surface area contributed by atoms with Crippen molar-refractivity contribution in [2.75, 3.05) is 6.54 Å². The van der Waals surface area contributed by atoms with Crippen LogP contribution in [0.4, 0.5) is 0 Å². The zero-order valence-electron chi connectivity index (χ0n) is 13.6. The molecule has 0 spiro atoms. The van der Waals surface area contributed by atoms with Gasteiger partial charge in [-0.3, -0.25) is 9.69 Å². The highest BCUT2D eigenvalue weighted by atomic mass is 16.1. The van der Waals surface area contributed by atoms with Crippen LogP contribution in [-0.2, 0) is 4.79 Å². The maximum Gasteiger partial charge on any atom is 0.159 e. The summed E-state index contributed by atoms with van der Waals surface area (Å²) in [5.41, 5.74) is 2.42. The number of hydrogen-bond donors (Lipinski definition) is 0. The van der Waals surface area contributed by atoms with E-state index in [4.69, 9.17) is 0 Å². The van der Waals surface area contributed by atoms with Crippen LogP contribution in [0.25, 0.3) is 0 Å². The number of ketones is 1. The number of rotatable bonds is 2. The van der Waals surface area contributed by atoms with E-state index < -0.39 is 0 Å². The predicted octanol–water partition coefficient (Wildman–Crippen LogP) is 3.99. The van der Waals surface area contributed by atoms with Gasteiger partial charge in [0.05, 0.1) is 6.04 Å². The molecule has 1 aliphatic rings. The third-order valence-electron chi connectivity index (χ3n) is 4.53. The van der Waals surface area contributed by atoms with Gasteiger partial charge in [-0.1, -0.05) is 45.0 Å². The first-order valence-corrected chi connectivity index (χ1v) is 7.58. The summed E-state index contributed by atoms with van der Waals surface area (Å²) in [4.78, 5) is 15.3. The smallest absolute Gasteiger partial charge is 0.159 e. The van der Waals surface area contributed by atoms with Crippen LogP contribution < -0.4 is 0 Å². The van der Waals surface area contributed by atoms with Crippen LogP contribution in [0.1, 0.15) is 51.8 Å². The molecule has 2 rings (SSSR count). The van der Waals surface area contributed by atoms with Crippen molar-refractivity contribution in [3.63, 3.8) is 0 Å². The predicted molar refractivity (Wildman–Crippen MR) is 83.7 cm³/mol. The van der Waals surface area contributed by atoms with Crippen LogP contribution in [-0.4, -0.2) is 23.3 Å². The summed E-state index contributed by atoms with van der Waals surface area (Å²) in [5, 5.41) is 0. The fourth-order valence-electron chi connectivity index (χ4n) is 3.20. The van der Waals surface area contributed by atoms with Crippen LogP contribution >= 0.6 is 0 Å². The average Bonchev–Trinajstić information content (AvgIpc) is 2.67. The molecule has 2 nitrogen and oxygen atoms in total. The molecule has 0 radical (unpaired) electrons. The summed E-state index contributed by atoms with van der Waals surface area (Å²) in [6.07, 6.45) is 0. The van der Waals surface area contributed by atoms with Crippen LogP contribution in [0, 0.1) is 18.3 Å². The highest BCUT2D eigenvalue weighted by Crippen LogP contribution is 2.42. The molecule has 1 saturated heterocycles. The van der Waals surface area contributed by atoms with Gasteiger partial charge < -0.3 is 0 Å². The van der Waals surface area contributed by atoms with Crippen molar-refractivity contribution in [1.82, 2.24) is 4.90 Å². The molecule has 0 aliphatic carbocycles. The Balaban J connectivity index is 2.44. The molecule has 1 aromatic rings. The summed E-state index contributed by atoms with van der Waals surface area (Å²) < 4.78 is 0. The molecule has 0 aromatic heterocycles. The lowest BCUT2D eigenvalue weighted by Crippen LogP contribution is -2.32. The van der Waals surface area contributed by atoms with Crippen LogP contribution in [0.15, 0.2) is 24.3 Å². The second kappa shape index (κ2) is 5.33. The Morgan fingerprint density at radius 1 is 1.20 bits per heavy atom. The van der Waals surface area contributed by atoms with E-state index in [1.165, 1.54) is 11.1 Å². The first-order valence-electron chi connectivity index (χ1n) is 7.58. The molecular formula is C18H27NO. The molecule has 0 amide bonds. The number of carbonyl (C=O) groups excluding carboxylic acids is 1. The number of hydrogen-bond acceptors (Lipinski definition) is 2. The van der Waals surface area contributed by atoms with Crippen molar-refractivity contribution >= 4 is 5.78 Å². The number of carbonyl (C=O) groups is 1. The van der Waals surface area contributed by atoms with Gasteiger partial charge in [-0.15, -0.1) is 0 Å². The largest absolute Gasteiger partial charge is 0.297 e. The fourth-order valence-corrected chi connectivity index (χ4v) is 3.20. The highest BCUT2D eigenvalue weighted by Gasteiger charge is 2.47. The van der Waals surface area contributed by atoms with E-state index >= 15 is 0 Å². The van der Waals surface area contributed by atoms with Gasteiger partial charge in [0, 0.05) is 18.5 Å². The minimum absolute atomic E-state index is 0.0294. The van der Waals surface area contributed by atoms with Crippen molar-refractivity contribution in [2.45, 2.75) is 53.6 Å². The molecule has 0 saturated carbocycles. The summed E-state index contributed by atoms with van der Waals surface area (Å²) in [5.74, 6) is 0.509. The Labute approximate surface area is 123 Å². The first-order chi connectivity index (χ1) is 9.23. The number of nitrogens with zero attached hydrogens (tertiary/aromatic N) is 1. The van der Waals surface area contributed by atoms with Crippen molar-refractivity contribution in [1.29, 1.82) is 0 Å². The topological polar surface area (TPSA) is 20.3 Å². The molecule has 2 unspecified atom stereocenters. The lowest BCUT2D eigenvalue weighted by Gasteiger charge is -2.28. The molecule has 1 heterocycles. The van der Waals surface area contributed by atoms with E-state index in [0.29, 0.717) is 11.8 Å². The Morgan fingerprint density at radius 3 is 2.30 bits per heavy atom. The van der Waals surface area contributed by atoms with Crippen molar-refractivity contribution < 1.29 is 4.79 Å². The summed E-state index contributed by atoms with van der Waals surface area (Å²) in [6, 6.07) is 8.61. The monoisotopic (exact) mass is 273 g/mol. The Morgan fingerprint density at radius 2 is 1.80 bits per heavy atom. The van der Waals surface area contributed by atoms with E-state index in [1.807, 2.05) is 12.1 Å². The lowest BCUT2D eigenvalue weighted by molar-refractivity contribution is -0.125. The molecule has 110 valence electrons. The average molecular weight is 273 g/mol. The fraction of sp³-hybridized carbons (Fsp3) is 0.611. The maximum atomic E-state index is 13.0. The number of likely N-dealkylation sites (tertiary alicyclic amines) is 1. The molecule has 1 fully saturated rings. The van der Waals surface area contributed by atoms with Crippen LogP contribution in [0.2, 0.25) is 0 Å². The molecule has 0 bridgehead atoms. The third kappa shape index (κ3) is 2.67. The van der Waals surface area contributed by atoms with E-state index in [9.17, 15) is 4.79 Å². The van der Waals surface area contributed by atoms with Gasteiger partial charge in [-0.2, -0.15) is 0 Å². The van der Waals surface area contributed by atoms with Gasteiger partial charge in [0.2, 0.25) is 0 Å². The minimum atomic E-state index is -0.0691. The molecule has 1 aromatic carbocycles. The molecule has 2 heteroatoms. The van der Waals surface area contributed by atoms with E-state index in [1.54, 1.807) is 0 Å². The molecule has 1 aliphatic heterocycles. The van der Waals surface area contributed by atoms with Crippen molar-refractivity contribution in [3.05, 3.63) is 35.4 Å². The van der Waals surface area contributed by atoms with E-state index in [0.717, 1.165) is 6.54 Å². The van der Waals surface area contributed by atoms with Crippen molar-refractivity contribution in [2.24, 2.45) is 11.3 Å². The van der Waals surface area contributed by atoms with Gasteiger partial charge in [0.25, 0.3) is 0 Å². The normalized spacial score (nSPS) is 24.6. The zero-order valence-corrected chi connectivity index (χ0v) is 13.6. The quantitative estimate of drug-likeness (QED) is 0.812. The lowest BCUT2D eigenvalue weighted by atomic mass is 9.78. The van der Waals surface area contributed by atoms with Gasteiger partial charge in [0.15, 0.2) is 5.78 Å².